The lowest BCUT2D eigenvalue weighted by molar-refractivity contribution is -0.134. The molecule has 264 valence electrons. The average Bonchev–Trinajstić information content (AvgIpc) is 3.78. The molecular weight excluding hydrogens is 648 g/mol. The first-order chi connectivity index (χ1) is 24.9. The lowest BCUT2D eigenvalue weighted by atomic mass is 9.84. The van der Waals surface area contributed by atoms with Crippen LogP contribution in [0.3, 0.4) is 0 Å². The van der Waals surface area contributed by atoms with Crippen molar-refractivity contribution < 1.29 is 19.1 Å². The number of hydrogen-bond acceptors (Lipinski definition) is 10. The average molecular weight is 691 g/mol. The minimum atomic E-state index is -0.353. The first-order valence-electron chi connectivity index (χ1n) is 17.9. The fraction of sp³-hybridized carbons (Fsp3) is 0.432. The maximum atomic E-state index is 13.3. The highest BCUT2D eigenvalue weighted by molar-refractivity contribution is 6.08. The number of nitrogens with zero attached hydrogens (tertiary/aromatic N) is 8. The number of benzene rings is 1. The predicted octanol–water partition coefficient (Wildman–Crippen LogP) is 4.20. The number of piperazine rings is 1. The van der Waals surface area contributed by atoms with Crippen LogP contribution in [0.4, 0.5) is 11.5 Å². The molecule has 2 aliphatic heterocycles. The summed E-state index contributed by atoms with van der Waals surface area (Å²) in [5.41, 5.74) is 3.69. The Kier molecular flexibility index (Phi) is 9.07. The molecule has 2 N–H and O–H groups in total. The van der Waals surface area contributed by atoms with Crippen LogP contribution in [0.5, 0.6) is 5.75 Å². The van der Waals surface area contributed by atoms with E-state index in [-0.39, 0.29) is 23.6 Å². The number of hydrogen-bond donors (Lipinski definition) is 2. The van der Waals surface area contributed by atoms with Crippen LogP contribution < -0.4 is 20.3 Å². The number of carbonyl (C=O) groups is 3. The monoisotopic (exact) mass is 690 g/mol. The van der Waals surface area contributed by atoms with Gasteiger partial charge in [-0.1, -0.05) is 0 Å². The molecule has 1 saturated carbocycles. The molecule has 1 aromatic carbocycles. The van der Waals surface area contributed by atoms with Gasteiger partial charge >= 0.3 is 0 Å². The Hall–Kier alpha value is -5.37. The van der Waals surface area contributed by atoms with Gasteiger partial charge in [0, 0.05) is 56.4 Å². The number of anilines is 2. The van der Waals surface area contributed by atoms with Crippen LogP contribution in [0.15, 0.2) is 61.2 Å². The molecule has 1 unspecified atom stereocenters. The third-order valence-corrected chi connectivity index (χ3v) is 10.8. The van der Waals surface area contributed by atoms with Gasteiger partial charge in [0.15, 0.2) is 11.5 Å². The summed E-state index contributed by atoms with van der Waals surface area (Å²) in [5, 5.41) is 15.4. The fourth-order valence-corrected chi connectivity index (χ4v) is 7.76. The van der Waals surface area contributed by atoms with E-state index in [9.17, 15) is 14.4 Å². The van der Waals surface area contributed by atoms with E-state index in [4.69, 9.17) is 9.84 Å². The van der Waals surface area contributed by atoms with Gasteiger partial charge in [-0.25, -0.2) is 4.98 Å². The zero-order valence-corrected chi connectivity index (χ0v) is 28.7. The standard InChI is InChI=1S/C37H42N10O4/c1-51-32-20-31-25(19-29(32)37(50)41-34-22-39-33-3-2-13-40-47(33)34)23-46(43-31)26-6-4-24(5-7-26)12-14-44-15-17-45(18-16-44)27-8-10-30(38-21-27)28-9-11-35(48)42-36(28)49/h2-3,8,10,13,19-24,26,28H,4-7,9,11-12,14-18H2,1H3,(H,41,50)(H,42,48,49). The van der Waals surface area contributed by atoms with E-state index in [0.29, 0.717) is 47.6 Å². The van der Waals surface area contributed by atoms with Gasteiger partial charge in [0.1, 0.15) is 5.75 Å². The number of fused-ring (bicyclic) bond motifs is 2. The van der Waals surface area contributed by atoms with Crippen LogP contribution in [0.1, 0.15) is 73.0 Å². The number of aromatic nitrogens is 6. The first kappa shape index (κ1) is 32.8. The molecule has 5 aromatic rings. The second-order valence-corrected chi connectivity index (χ2v) is 13.8. The van der Waals surface area contributed by atoms with Crippen LogP contribution in [-0.2, 0) is 9.59 Å². The van der Waals surface area contributed by atoms with E-state index in [2.05, 4.69) is 52.4 Å². The zero-order valence-electron chi connectivity index (χ0n) is 28.7. The quantitative estimate of drug-likeness (QED) is 0.215. The minimum Gasteiger partial charge on any atom is -0.496 e. The zero-order chi connectivity index (χ0) is 34.9. The smallest absolute Gasteiger partial charge is 0.260 e. The second kappa shape index (κ2) is 14.1. The summed E-state index contributed by atoms with van der Waals surface area (Å²) in [6, 6.07) is 11.6. The molecular formula is C37H42N10O4. The molecule has 4 aromatic heterocycles. The third-order valence-electron chi connectivity index (χ3n) is 10.8. The SMILES string of the molecule is COc1cc2nn(C3CCC(CCN4CCN(c5ccc(C6CCC(=O)NC6=O)nc5)CC4)CC3)cc2cc1C(=O)Nc1cnc2cccnn12. The van der Waals surface area contributed by atoms with Crippen LogP contribution in [0.25, 0.3) is 16.6 Å². The highest BCUT2D eigenvalue weighted by atomic mass is 16.5. The predicted molar refractivity (Wildman–Crippen MR) is 191 cm³/mol. The summed E-state index contributed by atoms with van der Waals surface area (Å²) in [6.07, 6.45) is 13.8. The number of amides is 3. The molecule has 0 bridgehead atoms. The number of rotatable bonds is 9. The summed E-state index contributed by atoms with van der Waals surface area (Å²) < 4.78 is 9.28. The van der Waals surface area contributed by atoms with Crippen molar-refractivity contribution in [2.24, 2.45) is 5.92 Å². The summed E-state index contributed by atoms with van der Waals surface area (Å²) in [4.78, 5) is 50.9. The van der Waals surface area contributed by atoms with Gasteiger partial charge in [0.05, 0.1) is 53.9 Å². The molecule has 3 aliphatic rings. The topological polar surface area (TPSA) is 152 Å². The van der Waals surface area contributed by atoms with Crippen molar-refractivity contribution in [1.82, 2.24) is 39.6 Å². The minimum absolute atomic E-state index is 0.206. The number of piperidine rings is 1. The van der Waals surface area contributed by atoms with Gasteiger partial charge in [-0.15, -0.1) is 0 Å². The van der Waals surface area contributed by atoms with E-state index < -0.39 is 0 Å². The summed E-state index contributed by atoms with van der Waals surface area (Å²) in [7, 11) is 1.56. The molecule has 3 amide bonds. The summed E-state index contributed by atoms with van der Waals surface area (Å²) >= 11 is 0. The van der Waals surface area contributed by atoms with Gasteiger partial charge in [-0.3, -0.25) is 34.3 Å². The Bertz CT molecular complexity index is 2060. The normalized spacial score (nSPS) is 21.6. The van der Waals surface area contributed by atoms with Crippen LogP contribution in [0, 0.1) is 5.92 Å². The number of imidazole rings is 1. The van der Waals surface area contributed by atoms with Crippen molar-refractivity contribution >= 4 is 45.8 Å². The highest BCUT2D eigenvalue weighted by Gasteiger charge is 2.30. The van der Waals surface area contributed by atoms with E-state index in [1.54, 1.807) is 30.1 Å². The molecule has 1 aliphatic carbocycles. The van der Waals surface area contributed by atoms with Crippen molar-refractivity contribution in [3.63, 3.8) is 0 Å². The lowest BCUT2D eigenvalue weighted by Crippen LogP contribution is -2.47. The van der Waals surface area contributed by atoms with Crippen molar-refractivity contribution in [2.75, 3.05) is 50.1 Å². The van der Waals surface area contributed by atoms with Gasteiger partial charge in [-0.05, 0) is 81.3 Å². The van der Waals surface area contributed by atoms with E-state index >= 15 is 0 Å². The van der Waals surface area contributed by atoms with Crippen molar-refractivity contribution in [1.29, 1.82) is 0 Å². The maximum Gasteiger partial charge on any atom is 0.260 e. The number of nitrogens with one attached hydrogen (secondary N) is 2. The Balaban J connectivity index is 0.814. The van der Waals surface area contributed by atoms with Crippen molar-refractivity contribution in [3.05, 3.63) is 72.4 Å². The Morgan fingerprint density at radius 2 is 1.84 bits per heavy atom. The van der Waals surface area contributed by atoms with E-state index in [1.165, 1.54) is 19.3 Å². The van der Waals surface area contributed by atoms with Crippen LogP contribution >= 0.6 is 0 Å². The van der Waals surface area contributed by atoms with Gasteiger partial charge in [0.2, 0.25) is 11.8 Å². The summed E-state index contributed by atoms with van der Waals surface area (Å²) in [5.74, 6) is 0.556. The molecule has 2 saturated heterocycles. The maximum absolute atomic E-state index is 13.3. The third kappa shape index (κ3) is 6.87. The van der Waals surface area contributed by atoms with Crippen LogP contribution in [-0.4, -0.2) is 91.8 Å². The Labute approximate surface area is 295 Å². The Morgan fingerprint density at radius 3 is 2.61 bits per heavy atom. The molecule has 51 heavy (non-hydrogen) atoms. The molecule has 8 rings (SSSR count). The largest absolute Gasteiger partial charge is 0.496 e. The second-order valence-electron chi connectivity index (χ2n) is 13.8. The van der Waals surface area contributed by atoms with Gasteiger partial charge in [-0.2, -0.15) is 14.7 Å². The van der Waals surface area contributed by atoms with Gasteiger partial charge in [0.25, 0.3) is 5.91 Å². The molecule has 14 heteroatoms. The molecule has 1 atom stereocenters. The molecule has 6 heterocycles. The molecule has 3 fully saturated rings. The molecule has 14 nitrogen and oxygen atoms in total. The van der Waals surface area contributed by atoms with Crippen molar-refractivity contribution in [3.8, 4) is 5.75 Å². The number of ether oxygens (including phenoxy) is 1. The highest BCUT2D eigenvalue weighted by Crippen LogP contribution is 2.35. The van der Waals surface area contributed by atoms with E-state index in [0.717, 1.165) is 67.8 Å². The summed E-state index contributed by atoms with van der Waals surface area (Å²) in [6.45, 7) is 5.04. The van der Waals surface area contributed by atoms with Crippen molar-refractivity contribution in [2.45, 2.75) is 56.9 Å². The fourth-order valence-electron chi connectivity index (χ4n) is 7.76. The Morgan fingerprint density at radius 1 is 1.00 bits per heavy atom. The number of pyridine rings is 1. The molecule has 0 spiro atoms. The van der Waals surface area contributed by atoms with Gasteiger partial charge < -0.3 is 15.0 Å². The molecule has 0 radical (unpaired) electrons. The number of methoxy groups -OCH3 is 1. The number of carbonyl (C=O) groups excluding carboxylic acids is 3. The number of imide groups is 1. The lowest BCUT2D eigenvalue weighted by Gasteiger charge is -2.37. The first-order valence-corrected chi connectivity index (χ1v) is 17.9. The van der Waals surface area contributed by atoms with Crippen LogP contribution in [0.2, 0.25) is 0 Å². The van der Waals surface area contributed by atoms with E-state index in [1.807, 2.05) is 30.5 Å².